The Bertz CT molecular complexity index is 1290. The summed E-state index contributed by atoms with van der Waals surface area (Å²) in [7, 11) is 1.52. The van der Waals surface area contributed by atoms with Crippen molar-refractivity contribution in [3.8, 4) is 5.88 Å². The SMILES string of the molecule is COc1ccc(C(=O)Nc2cccc(CNc3ncnc4c(C(N)=O)cccc34)c2)cn1. The summed E-state index contributed by atoms with van der Waals surface area (Å²) in [5, 5.41) is 6.81. The van der Waals surface area contributed by atoms with E-state index in [0.29, 0.717) is 46.0 Å². The van der Waals surface area contributed by atoms with Crippen LogP contribution in [-0.2, 0) is 6.54 Å². The molecule has 0 aliphatic carbocycles. The minimum absolute atomic E-state index is 0.272. The first-order valence-corrected chi connectivity index (χ1v) is 9.73. The molecule has 0 saturated carbocycles. The van der Waals surface area contributed by atoms with Crippen molar-refractivity contribution in [3.05, 3.63) is 83.8 Å². The standard InChI is InChI=1S/C23H20N6O3/c1-32-19-9-8-15(12-25-19)23(31)29-16-5-2-4-14(10-16)11-26-22-18-7-3-6-17(21(24)30)20(18)27-13-28-22/h2-10,12-13H,11H2,1H3,(H2,24,30)(H,29,31)(H,26,27,28). The number of hydrogen-bond donors (Lipinski definition) is 3. The average molecular weight is 428 g/mol. The molecule has 0 spiro atoms. The zero-order valence-corrected chi connectivity index (χ0v) is 17.2. The molecule has 2 heterocycles. The molecule has 9 nitrogen and oxygen atoms in total. The lowest BCUT2D eigenvalue weighted by atomic mass is 10.1. The van der Waals surface area contributed by atoms with Crippen LogP contribution < -0.4 is 21.1 Å². The van der Waals surface area contributed by atoms with Crippen LogP contribution in [0.4, 0.5) is 11.5 Å². The Balaban J connectivity index is 1.48. The molecule has 2 aromatic carbocycles. The van der Waals surface area contributed by atoms with Crippen LogP contribution in [-0.4, -0.2) is 33.9 Å². The van der Waals surface area contributed by atoms with Gasteiger partial charge in [0.25, 0.3) is 11.8 Å². The molecule has 0 unspecified atom stereocenters. The fourth-order valence-electron chi connectivity index (χ4n) is 3.21. The minimum Gasteiger partial charge on any atom is -0.481 e. The maximum Gasteiger partial charge on any atom is 0.257 e. The third kappa shape index (κ3) is 4.46. The number of para-hydroxylation sites is 1. The van der Waals surface area contributed by atoms with Gasteiger partial charge in [-0.1, -0.05) is 18.2 Å². The zero-order valence-electron chi connectivity index (χ0n) is 17.2. The molecule has 0 saturated heterocycles. The van der Waals surface area contributed by atoms with E-state index in [0.717, 1.165) is 5.56 Å². The second kappa shape index (κ2) is 9.09. The highest BCUT2D eigenvalue weighted by atomic mass is 16.5. The molecule has 32 heavy (non-hydrogen) atoms. The number of methoxy groups -OCH3 is 1. The first kappa shape index (κ1) is 20.7. The highest BCUT2D eigenvalue weighted by Crippen LogP contribution is 2.23. The normalized spacial score (nSPS) is 10.5. The van der Waals surface area contributed by atoms with Crippen molar-refractivity contribution in [2.75, 3.05) is 17.7 Å². The topological polar surface area (TPSA) is 132 Å². The highest BCUT2D eigenvalue weighted by Gasteiger charge is 2.11. The zero-order chi connectivity index (χ0) is 22.5. The van der Waals surface area contributed by atoms with Gasteiger partial charge in [-0.2, -0.15) is 0 Å². The van der Waals surface area contributed by atoms with Crippen LogP contribution in [0, 0.1) is 0 Å². The van der Waals surface area contributed by atoms with E-state index in [-0.39, 0.29) is 5.91 Å². The first-order chi connectivity index (χ1) is 15.5. The van der Waals surface area contributed by atoms with Gasteiger partial charge in [0.1, 0.15) is 12.1 Å². The molecular formula is C23H20N6O3. The van der Waals surface area contributed by atoms with E-state index in [1.54, 1.807) is 30.3 Å². The van der Waals surface area contributed by atoms with E-state index < -0.39 is 5.91 Å². The van der Waals surface area contributed by atoms with Crippen LogP contribution >= 0.6 is 0 Å². The van der Waals surface area contributed by atoms with Gasteiger partial charge >= 0.3 is 0 Å². The summed E-state index contributed by atoms with van der Waals surface area (Å²) in [5.41, 5.74) is 8.27. The monoisotopic (exact) mass is 428 g/mol. The molecule has 4 rings (SSSR count). The number of nitrogens with zero attached hydrogens (tertiary/aromatic N) is 3. The van der Waals surface area contributed by atoms with Gasteiger partial charge in [-0.25, -0.2) is 15.0 Å². The second-order valence-corrected chi connectivity index (χ2v) is 6.89. The van der Waals surface area contributed by atoms with Gasteiger partial charge in [0, 0.05) is 29.9 Å². The summed E-state index contributed by atoms with van der Waals surface area (Å²) >= 11 is 0. The van der Waals surface area contributed by atoms with Crippen molar-refractivity contribution < 1.29 is 14.3 Å². The Hall–Kier alpha value is -4.53. The van der Waals surface area contributed by atoms with E-state index >= 15 is 0 Å². The molecule has 160 valence electrons. The number of nitrogens with one attached hydrogen (secondary N) is 2. The van der Waals surface area contributed by atoms with Crippen LogP contribution in [0.25, 0.3) is 10.9 Å². The molecule has 0 bridgehead atoms. The molecule has 2 aromatic heterocycles. The van der Waals surface area contributed by atoms with E-state index in [9.17, 15) is 9.59 Å². The van der Waals surface area contributed by atoms with Crippen molar-refractivity contribution in [1.82, 2.24) is 15.0 Å². The van der Waals surface area contributed by atoms with Gasteiger partial charge in [-0.3, -0.25) is 9.59 Å². The van der Waals surface area contributed by atoms with Gasteiger partial charge in [0.05, 0.1) is 23.8 Å². The molecule has 0 aliphatic heterocycles. The van der Waals surface area contributed by atoms with Gasteiger partial charge in [0.2, 0.25) is 5.88 Å². The van der Waals surface area contributed by atoms with Gasteiger partial charge in [-0.15, -0.1) is 0 Å². The van der Waals surface area contributed by atoms with Gasteiger partial charge in [-0.05, 0) is 35.9 Å². The summed E-state index contributed by atoms with van der Waals surface area (Å²) < 4.78 is 5.01. The summed E-state index contributed by atoms with van der Waals surface area (Å²) in [4.78, 5) is 36.7. The number of benzene rings is 2. The van der Waals surface area contributed by atoms with E-state index in [2.05, 4.69) is 25.6 Å². The highest BCUT2D eigenvalue weighted by molar-refractivity contribution is 6.07. The Labute approximate surface area is 183 Å². The van der Waals surface area contributed by atoms with Gasteiger partial charge < -0.3 is 21.1 Å². The van der Waals surface area contributed by atoms with Crippen molar-refractivity contribution in [3.63, 3.8) is 0 Å². The first-order valence-electron chi connectivity index (χ1n) is 9.73. The molecule has 0 atom stereocenters. The number of pyridine rings is 1. The third-order valence-corrected chi connectivity index (χ3v) is 4.78. The van der Waals surface area contributed by atoms with Crippen LogP contribution in [0.15, 0.2) is 67.1 Å². The quantitative estimate of drug-likeness (QED) is 0.412. The molecule has 9 heteroatoms. The van der Waals surface area contributed by atoms with Crippen molar-refractivity contribution in [1.29, 1.82) is 0 Å². The molecular weight excluding hydrogens is 408 g/mol. The molecule has 0 fully saturated rings. The number of primary amides is 1. The Morgan fingerprint density at radius 2 is 1.88 bits per heavy atom. The maximum atomic E-state index is 12.5. The second-order valence-electron chi connectivity index (χ2n) is 6.89. The van der Waals surface area contributed by atoms with Crippen LogP contribution in [0.5, 0.6) is 5.88 Å². The minimum atomic E-state index is -0.546. The number of hydrogen-bond acceptors (Lipinski definition) is 7. The van der Waals surface area contributed by atoms with Crippen molar-refractivity contribution in [2.24, 2.45) is 5.73 Å². The number of anilines is 2. The number of carbonyl (C=O) groups excluding carboxylic acids is 2. The summed E-state index contributed by atoms with van der Waals surface area (Å²) in [6.45, 7) is 0.445. The summed E-state index contributed by atoms with van der Waals surface area (Å²) in [6, 6.07) is 15.9. The van der Waals surface area contributed by atoms with Crippen molar-refractivity contribution in [2.45, 2.75) is 6.54 Å². The lowest BCUT2D eigenvalue weighted by Crippen LogP contribution is -2.13. The van der Waals surface area contributed by atoms with E-state index in [4.69, 9.17) is 10.5 Å². The number of ether oxygens (including phenoxy) is 1. The Morgan fingerprint density at radius 3 is 2.62 bits per heavy atom. The lowest BCUT2D eigenvalue weighted by Gasteiger charge is -2.11. The molecule has 4 N–H and O–H groups in total. The predicted octanol–water partition coefficient (Wildman–Crippen LogP) is 3.00. The maximum absolute atomic E-state index is 12.5. The molecule has 0 aliphatic rings. The Morgan fingerprint density at radius 1 is 1.03 bits per heavy atom. The lowest BCUT2D eigenvalue weighted by molar-refractivity contribution is 0.0998. The summed E-state index contributed by atoms with van der Waals surface area (Å²) in [6.07, 6.45) is 2.84. The number of rotatable bonds is 7. The third-order valence-electron chi connectivity index (χ3n) is 4.78. The van der Waals surface area contributed by atoms with E-state index in [1.165, 1.54) is 19.6 Å². The largest absolute Gasteiger partial charge is 0.481 e. The average Bonchev–Trinajstić information content (AvgIpc) is 2.82. The Kier molecular flexibility index (Phi) is 5.89. The van der Waals surface area contributed by atoms with Gasteiger partial charge in [0.15, 0.2) is 0 Å². The number of fused-ring (bicyclic) bond motifs is 1. The van der Waals surface area contributed by atoms with Crippen LogP contribution in [0.1, 0.15) is 26.3 Å². The smallest absolute Gasteiger partial charge is 0.257 e. The van der Waals surface area contributed by atoms with E-state index in [1.807, 2.05) is 24.3 Å². The fourth-order valence-corrected chi connectivity index (χ4v) is 3.21. The number of aromatic nitrogens is 3. The van der Waals surface area contributed by atoms with Crippen molar-refractivity contribution >= 4 is 34.2 Å². The molecule has 2 amide bonds. The predicted molar refractivity (Wildman–Crippen MR) is 121 cm³/mol. The number of carbonyl (C=O) groups is 2. The molecule has 4 aromatic rings. The fraction of sp³-hybridized carbons (Fsp3) is 0.0870. The molecule has 0 radical (unpaired) electrons. The van der Waals surface area contributed by atoms with Crippen LogP contribution in [0.3, 0.4) is 0 Å². The van der Waals surface area contributed by atoms with Crippen LogP contribution in [0.2, 0.25) is 0 Å². The number of nitrogens with two attached hydrogens (primary N) is 1. The number of amides is 2. The summed E-state index contributed by atoms with van der Waals surface area (Å²) in [5.74, 6) is 0.202.